The van der Waals surface area contributed by atoms with Gasteiger partial charge >= 0.3 is 228 Å². The predicted octanol–water partition coefficient (Wildman–Crippen LogP) is 21.2. The van der Waals surface area contributed by atoms with Crippen LogP contribution in [0.3, 0.4) is 0 Å². The Labute approximate surface area is 631 Å². The molecule has 2 unspecified atom stereocenters. The molecule has 0 N–H and O–H groups in total. The molecule has 728 valence electrons. The van der Waals surface area contributed by atoms with Crippen molar-refractivity contribution in [2.75, 3.05) is 26.4 Å². The molecule has 0 saturated heterocycles. The van der Waals surface area contributed by atoms with Gasteiger partial charge in [-0.2, -0.15) is 246 Å². The number of ether oxygens (including phenoxy) is 6. The Morgan fingerprint density at radius 2 is 0.323 bits per heavy atom. The van der Waals surface area contributed by atoms with Gasteiger partial charge in [0.15, 0.2) is 26.4 Å². The van der Waals surface area contributed by atoms with Crippen LogP contribution in [0.25, 0.3) is 0 Å². The molecule has 0 bridgehead atoms. The first kappa shape index (κ1) is 111. The summed E-state index contributed by atoms with van der Waals surface area (Å²) in [5.41, 5.74) is 0. The maximum absolute atomic E-state index is 14.9. The van der Waals surface area contributed by atoms with E-state index in [-0.39, 0.29) is 0 Å². The lowest BCUT2D eigenvalue weighted by Crippen LogP contribution is -2.74. The van der Waals surface area contributed by atoms with Crippen LogP contribution >= 0.6 is 0 Å². The summed E-state index contributed by atoms with van der Waals surface area (Å²) in [5.74, 6) is -246. The molecular formula is C48H22F64N6O6. The zero-order chi connectivity index (χ0) is 99.1. The Morgan fingerprint density at radius 3 is 0.468 bits per heavy atom. The number of rotatable bonds is 44. The Kier molecular flexibility index (Phi) is 28.7. The summed E-state index contributed by atoms with van der Waals surface area (Å²) in [6, 6.07) is -17.8. The topological polar surface area (TPSA) is 133 Å². The quantitative estimate of drug-likeness (QED) is 0.0585. The van der Waals surface area contributed by atoms with E-state index < -0.39 is 292 Å². The van der Waals surface area contributed by atoms with Crippen molar-refractivity contribution in [2.24, 2.45) is 0 Å². The molecule has 1 aliphatic rings. The summed E-state index contributed by atoms with van der Waals surface area (Å²) in [7, 11) is 0. The molecule has 0 radical (unpaired) electrons. The highest BCUT2D eigenvalue weighted by Gasteiger charge is 2.99. The van der Waals surface area contributed by atoms with E-state index in [4.69, 9.17) is 0 Å². The van der Waals surface area contributed by atoms with E-state index in [1.54, 1.807) is 0 Å². The lowest BCUT2D eigenvalue weighted by molar-refractivity contribution is -0.447. The summed E-state index contributed by atoms with van der Waals surface area (Å²) < 4.78 is 921. The van der Waals surface area contributed by atoms with Gasteiger partial charge in [0.25, 0.3) is 0 Å². The third kappa shape index (κ3) is 16.5. The molecule has 2 aromatic heterocycles. The van der Waals surface area contributed by atoms with Gasteiger partial charge in [-0.3, -0.25) is 0 Å². The van der Waals surface area contributed by atoms with Crippen LogP contribution in [-0.4, -0.2) is 260 Å². The molecule has 1 fully saturated rings. The normalized spacial score (nSPS) is 17.8. The van der Waals surface area contributed by atoms with Crippen molar-refractivity contribution in [3.63, 3.8) is 0 Å². The van der Waals surface area contributed by atoms with Crippen LogP contribution in [0.1, 0.15) is 25.7 Å². The van der Waals surface area contributed by atoms with Crippen LogP contribution in [0.2, 0.25) is 0 Å². The number of nitrogens with zero attached hydrogens (tertiary/aromatic N) is 6. The molecular weight excluding hydrogens is 1970 g/mol. The van der Waals surface area contributed by atoms with Crippen LogP contribution in [0.15, 0.2) is 0 Å². The van der Waals surface area contributed by atoms with E-state index in [1.165, 1.54) is 0 Å². The molecule has 0 amide bonds. The summed E-state index contributed by atoms with van der Waals surface area (Å²) in [6.07, 6.45) is -36.8. The average molecular weight is 1990 g/mol. The fraction of sp³-hybridized carbons (Fsp3) is 0.875. The zero-order valence-electron chi connectivity index (χ0n) is 55.4. The van der Waals surface area contributed by atoms with Crippen LogP contribution in [0.4, 0.5) is 281 Å². The van der Waals surface area contributed by atoms with Gasteiger partial charge in [0.1, 0.15) is 12.2 Å². The Balaban J connectivity index is 2.39. The maximum atomic E-state index is 14.9. The highest BCUT2D eigenvalue weighted by atomic mass is 19.4. The van der Waals surface area contributed by atoms with Gasteiger partial charge in [-0.05, 0) is 19.3 Å². The Bertz CT molecular complexity index is 3520. The number of hydrogen-bond acceptors (Lipinski definition) is 12. The van der Waals surface area contributed by atoms with Crippen molar-refractivity contribution in [3.8, 4) is 36.1 Å². The number of alkyl halides is 64. The van der Waals surface area contributed by atoms with Gasteiger partial charge in [0.05, 0.1) is 0 Å². The fourth-order valence-electron chi connectivity index (χ4n) is 8.27. The van der Waals surface area contributed by atoms with E-state index in [0.717, 1.165) is 0 Å². The van der Waals surface area contributed by atoms with Gasteiger partial charge in [0.2, 0.25) is 0 Å². The molecule has 3 rings (SSSR count). The minimum absolute atomic E-state index is 1.17. The molecule has 2 heterocycles. The monoisotopic (exact) mass is 1990 g/mol. The van der Waals surface area contributed by atoms with Gasteiger partial charge in [0, 0.05) is 6.42 Å². The van der Waals surface area contributed by atoms with Crippen molar-refractivity contribution in [1.82, 2.24) is 29.9 Å². The minimum Gasteiger partial charge on any atom is -0.460 e. The fourth-order valence-corrected chi connectivity index (χ4v) is 8.27. The number of halogens is 64. The first-order chi connectivity index (χ1) is 54.0. The Morgan fingerprint density at radius 1 is 0.194 bits per heavy atom. The van der Waals surface area contributed by atoms with E-state index in [1.807, 2.05) is 9.97 Å². The molecule has 0 spiro atoms. The van der Waals surface area contributed by atoms with Crippen molar-refractivity contribution >= 4 is 0 Å². The standard InChI is InChI=1S/C48H22F64N6O6/c49-11(50)25(65,66)33(81,82)41(97,98)45(105,106)37(89,90)29(73,74)21(57,58)5-119-15-113-16(120-6-22(59,60)30(75,76)38(91,92)46(107,108)42(99,100)34(83,84)26(67,68)12(51)52)116-19(115-15)123-9-2-1-3-10(4-9)124-20-117-17(121-7-23(61,62)31(77,78)39(93,94)47(109,110)43(101,102)35(85,86)27(69,70)13(53)54)114-18(118-20)122-8-24(63,64)32(79,80)40(95,96)48(111,112)44(103,104)36(87,88)28(71,72)14(55)56/h9-14H,1-8H2. The number of hydrogen-bond donors (Lipinski definition) is 0. The maximum Gasteiger partial charge on any atom is 0.385 e. The molecule has 2 atom stereocenters. The average Bonchev–Trinajstić information content (AvgIpc) is 0.711. The number of aromatic nitrogens is 6. The second kappa shape index (κ2) is 32.2. The largest absolute Gasteiger partial charge is 0.460 e. The minimum atomic E-state index is -9.33. The Hall–Kier alpha value is -7.66. The van der Waals surface area contributed by atoms with Gasteiger partial charge in [-0.1, -0.05) is 0 Å². The van der Waals surface area contributed by atoms with Crippen LogP contribution in [0, 0.1) is 0 Å². The highest BCUT2D eigenvalue weighted by molar-refractivity contribution is 5.21. The molecule has 124 heavy (non-hydrogen) atoms. The summed E-state index contributed by atoms with van der Waals surface area (Å²) in [5, 5.41) is 0. The smallest absolute Gasteiger partial charge is 0.385 e. The van der Waals surface area contributed by atoms with Crippen molar-refractivity contribution < 1.29 is 309 Å². The van der Waals surface area contributed by atoms with Crippen LogP contribution < -0.4 is 28.4 Å². The van der Waals surface area contributed by atoms with Crippen LogP contribution in [0.5, 0.6) is 36.1 Å². The van der Waals surface area contributed by atoms with Gasteiger partial charge in [-0.15, -0.1) is 29.9 Å². The van der Waals surface area contributed by atoms with Crippen molar-refractivity contribution in [2.45, 2.75) is 229 Å². The molecule has 1 saturated carbocycles. The van der Waals surface area contributed by atoms with E-state index in [2.05, 4.69) is 48.4 Å². The summed E-state index contributed by atoms with van der Waals surface area (Å²) in [4.78, 5) is 13.4. The zero-order valence-corrected chi connectivity index (χ0v) is 55.4. The van der Waals surface area contributed by atoms with E-state index in [0.29, 0.717) is 0 Å². The molecule has 1 aliphatic carbocycles. The third-order valence-electron chi connectivity index (χ3n) is 15.7. The SMILES string of the molecule is FC(F)C(F)(F)C(F)(F)C(F)(F)C(F)(F)C(F)(F)C(F)(F)C(F)(F)COc1nc(OCC(F)(F)C(F)(F)C(F)(F)C(F)(F)C(F)(F)C(F)(F)C(F)(F)C(F)F)nc(OC2CCCC(Oc3nc(OCC(F)(F)C(F)(F)C(F)(F)C(F)(F)C(F)(F)C(F)(F)C(F)(F)C(F)F)nc(OCC(F)(F)C(F)(F)C(F)(F)C(F)(F)C(F)(F)C(F)(F)C(F)(F)C(F)F)n3)C2)n1. The third-order valence-corrected chi connectivity index (χ3v) is 15.7. The second-order valence-corrected chi connectivity index (χ2v) is 24.2. The molecule has 0 aromatic carbocycles. The van der Waals surface area contributed by atoms with Crippen molar-refractivity contribution in [3.05, 3.63) is 0 Å². The first-order valence-corrected chi connectivity index (χ1v) is 29.1. The van der Waals surface area contributed by atoms with Gasteiger partial charge in [-0.25, -0.2) is 35.1 Å². The van der Waals surface area contributed by atoms with Crippen molar-refractivity contribution in [1.29, 1.82) is 0 Å². The molecule has 76 heteroatoms. The predicted molar refractivity (Wildman–Crippen MR) is 251 cm³/mol. The second-order valence-electron chi connectivity index (χ2n) is 24.2. The molecule has 12 nitrogen and oxygen atoms in total. The lowest BCUT2D eigenvalue weighted by atomic mass is 9.89. The lowest BCUT2D eigenvalue weighted by Gasteiger charge is -2.42. The van der Waals surface area contributed by atoms with Gasteiger partial charge < -0.3 is 28.4 Å². The van der Waals surface area contributed by atoms with E-state index >= 15 is 0 Å². The van der Waals surface area contributed by atoms with E-state index in [9.17, 15) is 281 Å². The highest BCUT2D eigenvalue weighted by Crippen LogP contribution is 2.69. The molecule has 0 aliphatic heterocycles. The molecule has 2 aromatic rings. The van der Waals surface area contributed by atoms with Crippen LogP contribution in [-0.2, 0) is 0 Å². The first-order valence-electron chi connectivity index (χ1n) is 29.1. The summed E-state index contributed by atoms with van der Waals surface area (Å²) in [6.45, 7) is -17.7. The summed E-state index contributed by atoms with van der Waals surface area (Å²) >= 11 is 0.